The van der Waals surface area contributed by atoms with Gasteiger partial charge in [-0.3, -0.25) is 0 Å². The Labute approximate surface area is 146 Å². The largest absolute Gasteiger partial charge is 0.342 e. The first kappa shape index (κ1) is 15.3. The molecule has 1 aliphatic rings. The Balaban J connectivity index is 1.48. The van der Waals surface area contributed by atoms with Crippen LogP contribution in [-0.4, -0.2) is 32.3 Å². The van der Waals surface area contributed by atoms with Crippen LogP contribution in [0.2, 0.25) is 0 Å². The third-order valence-corrected chi connectivity index (χ3v) is 5.57. The Hall–Kier alpha value is -2.21. The zero-order chi connectivity index (χ0) is 16.4. The maximum Gasteiger partial charge on any atom is 0.208 e. The summed E-state index contributed by atoms with van der Waals surface area (Å²) in [6.07, 6.45) is 7.21. The number of hydrogen-bond donors (Lipinski definition) is 0. The Morgan fingerprint density at radius 1 is 1.21 bits per heavy atom. The van der Waals surface area contributed by atoms with E-state index in [0.29, 0.717) is 6.04 Å². The maximum absolute atomic E-state index is 4.47. The highest BCUT2D eigenvalue weighted by molar-refractivity contribution is 7.15. The fraction of sp³-hybridized carbons (Fsp3) is 0.389. The molecule has 0 saturated carbocycles. The second kappa shape index (κ2) is 6.73. The van der Waals surface area contributed by atoms with Crippen molar-refractivity contribution in [2.45, 2.75) is 38.8 Å². The van der Waals surface area contributed by atoms with E-state index in [9.17, 15) is 0 Å². The summed E-state index contributed by atoms with van der Waals surface area (Å²) in [6.45, 7) is 4.10. The van der Waals surface area contributed by atoms with Crippen LogP contribution in [0.25, 0.3) is 0 Å². The molecule has 0 radical (unpaired) electrons. The molecule has 1 aliphatic heterocycles. The monoisotopic (exact) mass is 339 g/mol. The first-order valence-electron chi connectivity index (χ1n) is 8.40. The topological polar surface area (TPSA) is 46.8 Å². The van der Waals surface area contributed by atoms with Crippen LogP contribution in [0, 0.1) is 6.92 Å². The Bertz CT molecular complexity index is 795. The van der Waals surface area contributed by atoms with Gasteiger partial charge in [0.2, 0.25) is 5.13 Å². The van der Waals surface area contributed by atoms with Crippen LogP contribution in [0.5, 0.6) is 0 Å². The van der Waals surface area contributed by atoms with Gasteiger partial charge < -0.3 is 9.47 Å². The quantitative estimate of drug-likeness (QED) is 0.715. The third-order valence-electron chi connectivity index (χ3n) is 4.61. The first-order valence-corrected chi connectivity index (χ1v) is 9.22. The minimum Gasteiger partial charge on any atom is -0.342 e. The summed E-state index contributed by atoms with van der Waals surface area (Å²) in [6, 6.07) is 10.9. The molecule has 5 nitrogen and oxygen atoms in total. The number of aryl methyl sites for hydroxylation is 1. The molecule has 0 aliphatic carbocycles. The van der Waals surface area contributed by atoms with Crippen molar-refractivity contribution >= 4 is 16.5 Å². The molecule has 3 heterocycles. The van der Waals surface area contributed by atoms with Gasteiger partial charge in [-0.05, 0) is 25.3 Å². The maximum atomic E-state index is 4.47. The summed E-state index contributed by atoms with van der Waals surface area (Å²) in [5.41, 5.74) is 1.28. The van der Waals surface area contributed by atoms with Gasteiger partial charge in [0.15, 0.2) is 0 Å². The van der Waals surface area contributed by atoms with E-state index in [1.54, 1.807) is 11.3 Å². The molecule has 124 valence electrons. The molecule has 4 rings (SSSR count). The summed E-state index contributed by atoms with van der Waals surface area (Å²) >= 11 is 1.72. The lowest BCUT2D eigenvalue weighted by Gasteiger charge is -2.24. The molecule has 0 spiro atoms. The predicted octanol–water partition coefficient (Wildman–Crippen LogP) is 3.30. The first-order chi connectivity index (χ1) is 11.8. The summed E-state index contributed by atoms with van der Waals surface area (Å²) in [5.74, 6) is 1.07. The molecule has 6 heteroatoms. The van der Waals surface area contributed by atoms with E-state index in [1.165, 1.54) is 18.4 Å². The van der Waals surface area contributed by atoms with Gasteiger partial charge in [0.1, 0.15) is 10.8 Å². The van der Waals surface area contributed by atoms with Crippen molar-refractivity contribution in [1.82, 2.24) is 19.7 Å². The van der Waals surface area contributed by atoms with E-state index in [1.807, 2.05) is 12.3 Å². The molecule has 0 N–H and O–H groups in total. The molecule has 24 heavy (non-hydrogen) atoms. The molecule has 3 aromatic rings. The lowest BCUT2D eigenvalue weighted by molar-refractivity contribution is 0.539. The number of aromatic nitrogens is 4. The molecule has 1 aromatic carbocycles. The van der Waals surface area contributed by atoms with Crippen molar-refractivity contribution in [3.8, 4) is 0 Å². The van der Waals surface area contributed by atoms with Crippen LogP contribution >= 0.6 is 11.3 Å². The normalized spacial score (nSPS) is 17.5. The van der Waals surface area contributed by atoms with Gasteiger partial charge >= 0.3 is 0 Å². The van der Waals surface area contributed by atoms with Crippen molar-refractivity contribution in [2.75, 3.05) is 11.4 Å². The average Bonchev–Trinajstić information content (AvgIpc) is 3.31. The van der Waals surface area contributed by atoms with Crippen LogP contribution < -0.4 is 4.90 Å². The molecule has 0 unspecified atom stereocenters. The average molecular weight is 339 g/mol. The van der Waals surface area contributed by atoms with Crippen LogP contribution in [0.15, 0.2) is 42.7 Å². The van der Waals surface area contributed by atoms with E-state index < -0.39 is 0 Å². The molecule has 0 bridgehead atoms. The Kier molecular flexibility index (Phi) is 4.30. The van der Waals surface area contributed by atoms with Gasteiger partial charge in [-0.15, -0.1) is 10.2 Å². The van der Waals surface area contributed by atoms with Crippen molar-refractivity contribution in [1.29, 1.82) is 0 Å². The Morgan fingerprint density at radius 2 is 2.08 bits per heavy atom. The molecule has 0 amide bonds. The lowest BCUT2D eigenvalue weighted by Crippen LogP contribution is -2.33. The van der Waals surface area contributed by atoms with E-state index in [-0.39, 0.29) is 0 Å². The molecular formula is C18H21N5S. The van der Waals surface area contributed by atoms with Crippen molar-refractivity contribution in [2.24, 2.45) is 0 Å². The van der Waals surface area contributed by atoms with Crippen LogP contribution in [-0.2, 0) is 13.0 Å². The van der Waals surface area contributed by atoms with Gasteiger partial charge in [-0.25, -0.2) is 4.98 Å². The number of imidazole rings is 1. The van der Waals surface area contributed by atoms with Gasteiger partial charge in [0.05, 0.1) is 0 Å². The zero-order valence-electron chi connectivity index (χ0n) is 13.8. The van der Waals surface area contributed by atoms with E-state index in [2.05, 4.69) is 62.0 Å². The minimum absolute atomic E-state index is 0.482. The second-order valence-corrected chi connectivity index (χ2v) is 7.30. The second-order valence-electron chi connectivity index (χ2n) is 6.26. The van der Waals surface area contributed by atoms with Gasteiger partial charge in [-0.2, -0.15) is 0 Å². The van der Waals surface area contributed by atoms with E-state index >= 15 is 0 Å². The van der Waals surface area contributed by atoms with Crippen molar-refractivity contribution in [3.05, 3.63) is 59.1 Å². The molecule has 1 atom stereocenters. The number of benzene rings is 1. The highest BCUT2D eigenvalue weighted by Gasteiger charge is 2.28. The third kappa shape index (κ3) is 3.19. The summed E-state index contributed by atoms with van der Waals surface area (Å²) < 4.78 is 2.23. The predicted molar refractivity (Wildman–Crippen MR) is 96.5 cm³/mol. The van der Waals surface area contributed by atoms with Gasteiger partial charge in [0, 0.05) is 37.9 Å². The van der Waals surface area contributed by atoms with Crippen molar-refractivity contribution in [3.63, 3.8) is 0 Å². The Morgan fingerprint density at radius 3 is 2.88 bits per heavy atom. The van der Waals surface area contributed by atoms with Gasteiger partial charge in [0.25, 0.3) is 0 Å². The molecule has 1 saturated heterocycles. The lowest BCUT2D eigenvalue weighted by atomic mass is 10.2. The molecule has 1 fully saturated rings. The molecular weight excluding hydrogens is 318 g/mol. The van der Waals surface area contributed by atoms with Crippen molar-refractivity contribution < 1.29 is 0 Å². The number of nitrogens with zero attached hydrogens (tertiary/aromatic N) is 5. The highest BCUT2D eigenvalue weighted by Crippen LogP contribution is 2.30. The van der Waals surface area contributed by atoms with E-state index in [0.717, 1.165) is 35.5 Å². The SMILES string of the molecule is Cc1nccn1C[C@H]1CCCN1c1nnc(Cc2ccccc2)s1. The number of hydrogen-bond acceptors (Lipinski definition) is 5. The number of anilines is 1. The van der Waals surface area contributed by atoms with Crippen LogP contribution in [0.3, 0.4) is 0 Å². The summed E-state index contributed by atoms with van der Waals surface area (Å²) in [4.78, 5) is 6.75. The smallest absolute Gasteiger partial charge is 0.208 e. The summed E-state index contributed by atoms with van der Waals surface area (Å²) in [7, 11) is 0. The minimum atomic E-state index is 0.482. The standard InChI is InChI=1S/C18H21N5S/c1-14-19-9-11-22(14)13-16-8-5-10-23(16)18-21-20-17(24-18)12-15-6-3-2-4-7-15/h2-4,6-7,9,11,16H,5,8,10,12-13H2,1H3/t16-/m1/s1. The zero-order valence-corrected chi connectivity index (χ0v) is 14.6. The fourth-order valence-electron chi connectivity index (χ4n) is 3.30. The number of rotatable bonds is 5. The van der Waals surface area contributed by atoms with E-state index in [4.69, 9.17) is 0 Å². The molecule has 2 aromatic heterocycles. The highest BCUT2D eigenvalue weighted by atomic mass is 32.1. The van der Waals surface area contributed by atoms with Gasteiger partial charge in [-0.1, -0.05) is 41.7 Å². The van der Waals surface area contributed by atoms with Crippen LogP contribution in [0.1, 0.15) is 29.2 Å². The summed E-state index contributed by atoms with van der Waals surface area (Å²) in [5, 5.41) is 11.0. The van der Waals surface area contributed by atoms with Crippen LogP contribution in [0.4, 0.5) is 5.13 Å². The fourth-order valence-corrected chi connectivity index (χ4v) is 4.27.